The first-order valence-electron chi connectivity index (χ1n) is 8.42. The number of halogens is 2. The van der Waals surface area contributed by atoms with Crippen molar-refractivity contribution >= 4 is 43.4 Å². The number of aliphatic imine (C=N–C) groups is 1. The summed E-state index contributed by atoms with van der Waals surface area (Å²) in [7, 11) is 0. The lowest BCUT2D eigenvalue weighted by Gasteiger charge is -2.29. The van der Waals surface area contributed by atoms with E-state index in [1.807, 2.05) is 6.92 Å². The van der Waals surface area contributed by atoms with Gasteiger partial charge in [0.2, 0.25) is 0 Å². The van der Waals surface area contributed by atoms with Crippen LogP contribution in [0.3, 0.4) is 0 Å². The summed E-state index contributed by atoms with van der Waals surface area (Å²) in [6, 6.07) is 2.32. The highest BCUT2D eigenvalue weighted by Gasteiger charge is 2.20. The standard InChI is InChI=1S/C18H24Br2N4/c1-4-5-6-14-12(2)18(15(11-21)17(20)16(14)19)23-13(3)24-9-7-22-8-10-24/h22H,4-10H2,1-3H3. The Kier molecular flexibility index (Phi) is 7.27. The van der Waals surface area contributed by atoms with E-state index in [4.69, 9.17) is 4.99 Å². The summed E-state index contributed by atoms with van der Waals surface area (Å²) in [4.78, 5) is 7.14. The average molecular weight is 456 g/mol. The van der Waals surface area contributed by atoms with E-state index in [0.717, 1.165) is 71.5 Å². The third-order valence-electron chi connectivity index (χ3n) is 4.46. The van der Waals surface area contributed by atoms with Gasteiger partial charge in [0.25, 0.3) is 0 Å². The van der Waals surface area contributed by atoms with Crippen LogP contribution in [0.15, 0.2) is 13.9 Å². The minimum atomic E-state index is 0.606. The summed E-state index contributed by atoms with van der Waals surface area (Å²) in [5.41, 5.74) is 3.75. The number of rotatable bonds is 4. The molecule has 0 aliphatic carbocycles. The van der Waals surface area contributed by atoms with Gasteiger partial charge in [-0.15, -0.1) is 0 Å². The zero-order valence-corrected chi connectivity index (χ0v) is 17.7. The Labute approximate surface area is 161 Å². The van der Waals surface area contributed by atoms with Crippen LogP contribution in [0, 0.1) is 18.3 Å². The molecule has 1 aromatic carbocycles. The number of nitrogens with zero attached hydrogens (tertiary/aromatic N) is 3. The van der Waals surface area contributed by atoms with Gasteiger partial charge in [-0.2, -0.15) is 5.26 Å². The van der Waals surface area contributed by atoms with Gasteiger partial charge in [-0.1, -0.05) is 13.3 Å². The van der Waals surface area contributed by atoms with E-state index in [-0.39, 0.29) is 0 Å². The minimum Gasteiger partial charge on any atom is -0.358 e. The Bertz CT molecular complexity index is 671. The second-order valence-corrected chi connectivity index (χ2v) is 7.65. The fourth-order valence-electron chi connectivity index (χ4n) is 2.95. The maximum atomic E-state index is 9.64. The number of unbranched alkanes of at least 4 members (excludes halogenated alkanes) is 1. The van der Waals surface area contributed by atoms with Gasteiger partial charge in [-0.25, -0.2) is 4.99 Å². The van der Waals surface area contributed by atoms with Gasteiger partial charge in [-0.05, 0) is 69.7 Å². The van der Waals surface area contributed by atoms with E-state index in [0.29, 0.717) is 5.56 Å². The van der Waals surface area contributed by atoms with E-state index in [2.05, 4.69) is 62.0 Å². The van der Waals surface area contributed by atoms with Crippen molar-refractivity contribution in [2.45, 2.75) is 40.0 Å². The molecule has 6 heteroatoms. The molecule has 24 heavy (non-hydrogen) atoms. The zero-order chi connectivity index (χ0) is 17.7. The number of hydrogen-bond acceptors (Lipinski definition) is 3. The van der Waals surface area contributed by atoms with Gasteiger partial charge in [-0.3, -0.25) is 0 Å². The highest BCUT2D eigenvalue weighted by molar-refractivity contribution is 9.13. The second-order valence-electron chi connectivity index (χ2n) is 6.07. The summed E-state index contributed by atoms with van der Waals surface area (Å²) in [6.45, 7) is 10.2. The molecule has 0 radical (unpaired) electrons. The fraction of sp³-hybridized carbons (Fsp3) is 0.556. The van der Waals surface area contributed by atoms with Crippen LogP contribution in [0.25, 0.3) is 0 Å². The van der Waals surface area contributed by atoms with Crippen molar-refractivity contribution in [1.29, 1.82) is 5.26 Å². The summed E-state index contributed by atoms with van der Waals surface area (Å²) in [5.74, 6) is 0.978. The third kappa shape index (κ3) is 4.19. The van der Waals surface area contributed by atoms with Gasteiger partial charge in [0.1, 0.15) is 11.9 Å². The molecule has 1 saturated heterocycles. The molecular formula is C18H24Br2N4. The first kappa shape index (κ1) is 19.4. The number of piperazine rings is 1. The Morgan fingerprint density at radius 2 is 1.96 bits per heavy atom. The van der Waals surface area contributed by atoms with Gasteiger partial charge in [0.15, 0.2) is 0 Å². The van der Waals surface area contributed by atoms with Crippen molar-refractivity contribution in [3.05, 3.63) is 25.6 Å². The smallest absolute Gasteiger partial charge is 0.103 e. The quantitative estimate of drug-likeness (QED) is 0.529. The summed E-state index contributed by atoms with van der Waals surface area (Å²) < 4.78 is 1.80. The van der Waals surface area contributed by atoms with Crippen LogP contribution in [0.2, 0.25) is 0 Å². The van der Waals surface area contributed by atoms with Crippen molar-refractivity contribution in [3.63, 3.8) is 0 Å². The van der Waals surface area contributed by atoms with Gasteiger partial charge >= 0.3 is 0 Å². The minimum absolute atomic E-state index is 0.606. The van der Waals surface area contributed by atoms with Crippen LogP contribution in [0.5, 0.6) is 0 Å². The number of hydrogen-bond donors (Lipinski definition) is 1. The lowest BCUT2D eigenvalue weighted by atomic mass is 9.98. The maximum Gasteiger partial charge on any atom is 0.103 e. The fourth-order valence-corrected chi connectivity index (χ4v) is 4.16. The molecular weight excluding hydrogens is 432 g/mol. The van der Waals surface area contributed by atoms with Crippen LogP contribution < -0.4 is 5.32 Å². The van der Waals surface area contributed by atoms with Crippen molar-refractivity contribution < 1.29 is 0 Å². The van der Waals surface area contributed by atoms with Crippen molar-refractivity contribution in [3.8, 4) is 6.07 Å². The second kappa shape index (κ2) is 8.98. The molecule has 0 atom stereocenters. The Balaban J connectivity index is 2.50. The van der Waals surface area contributed by atoms with E-state index < -0.39 is 0 Å². The molecule has 2 rings (SSSR count). The Morgan fingerprint density at radius 3 is 2.54 bits per heavy atom. The highest BCUT2D eigenvalue weighted by atomic mass is 79.9. The first-order chi connectivity index (χ1) is 11.5. The molecule has 0 bridgehead atoms. The molecule has 1 aliphatic heterocycles. The number of nitrogens with one attached hydrogen (secondary N) is 1. The van der Waals surface area contributed by atoms with E-state index in [1.165, 1.54) is 5.56 Å². The number of benzene rings is 1. The monoisotopic (exact) mass is 454 g/mol. The first-order valence-corrected chi connectivity index (χ1v) is 10.0. The maximum absolute atomic E-state index is 9.64. The van der Waals surface area contributed by atoms with Gasteiger partial charge in [0.05, 0.1) is 15.7 Å². The molecule has 4 nitrogen and oxygen atoms in total. The third-order valence-corrected chi connectivity index (χ3v) is 6.66. The van der Waals surface area contributed by atoms with E-state index >= 15 is 0 Å². The van der Waals surface area contributed by atoms with Crippen molar-refractivity contribution in [1.82, 2.24) is 10.2 Å². The molecule has 1 fully saturated rings. The number of nitriles is 1. The van der Waals surface area contributed by atoms with Crippen LogP contribution in [-0.2, 0) is 6.42 Å². The molecule has 0 saturated carbocycles. The summed E-state index contributed by atoms with van der Waals surface area (Å²) in [5, 5.41) is 13.0. The van der Waals surface area contributed by atoms with Crippen LogP contribution in [-0.4, -0.2) is 36.9 Å². The molecule has 0 amide bonds. The van der Waals surface area contributed by atoms with Crippen LogP contribution in [0.1, 0.15) is 43.4 Å². The predicted molar refractivity (Wildman–Crippen MR) is 107 cm³/mol. The summed E-state index contributed by atoms with van der Waals surface area (Å²) in [6.07, 6.45) is 3.25. The van der Waals surface area contributed by atoms with Crippen LogP contribution >= 0.6 is 31.9 Å². The number of amidine groups is 1. The molecule has 0 spiro atoms. The normalized spacial score (nSPS) is 15.5. The van der Waals surface area contributed by atoms with Crippen LogP contribution in [0.4, 0.5) is 5.69 Å². The predicted octanol–water partition coefficient (Wildman–Crippen LogP) is 4.69. The highest BCUT2D eigenvalue weighted by Crippen LogP contribution is 2.40. The average Bonchev–Trinajstić information content (AvgIpc) is 2.60. The lowest BCUT2D eigenvalue weighted by Crippen LogP contribution is -2.45. The molecule has 1 N–H and O–H groups in total. The lowest BCUT2D eigenvalue weighted by molar-refractivity contribution is 0.356. The zero-order valence-electron chi connectivity index (χ0n) is 14.5. The SMILES string of the molecule is CCCCc1c(C)c(N=C(C)N2CCNCC2)c(C#N)c(Br)c1Br. The molecule has 0 aromatic heterocycles. The molecule has 0 unspecified atom stereocenters. The molecule has 1 aliphatic rings. The Hall–Kier alpha value is -0.900. The van der Waals surface area contributed by atoms with Crippen molar-refractivity contribution in [2.24, 2.45) is 4.99 Å². The van der Waals surface area contributed by atoms with Crippen molar-refractivity contribution in [2.75, 3.05) is 26.2 Å². The topological polar surface area (TPSA) is 51.4 Å². The van der Waals surface area contributed by atoms with E-state index in [9.17, 15) is 5.26 Å². The summed E-state index contributed by atoms with van der Waals surface area (Å²) >= 11 is 7.26. The van der Waals surface area contributed by atoms with Gasteiger partial charge in [0, 0.05) is 30.7 Å². The Morgan fingerprint density at radius 1 is 1.29 bits per heavy atom. The molecule has 130 valence electrons. The largest absolute Gasteiger partial charge is 0.358 e. The molecule has 1 aromatic rings. The molecule has 1 heterocycles. The van der Waals surface area contributed by atoms with Gasteiger partial charge < -0.3 is 10.2 Å². The van der Waals surface area contributed by atoms with E-state index in [1.54, 1.807) is 0 Å².